The first-order valence-corrected chi connectivity index (χ1v) is 14.4. The predicted molar refractivity (Wildman–Crippen MR) is 148 cm³/mol. The first-order chi connectivity index (χ1) is 17.2. The topological polar surface area (TPSA) is 69.1 Å². The van der Waals surface area contributed by atoms with Gasteiger partial charge in [0, 0.05) is 11.3 Å². The van der Waals surface area contributed by atoms with Gasteiger partial charge in [0.2, 0.25) is 0 Å². The van der Waals surface area contributed by atoms with Crippen molar-refractivity contribution in [2.24, 2.45) is 0 Å². The molecule has 0 radical (unpaired) electrons. The third kappa shape index (κ3) is 9.29. The SMILES string of the molecule is CCCCCCCCCCCCCCC(C(=O)Cc1ccccc1)c1sc(N)nc1-c1ccco1. The fraction of sp³-hybridized carbons (Fsp3) is 0.533. The van der Waals surface area contributed by atoms with E-state index in [-0.39, 0.29) is 11.7 Å². The second-order valence-corrected chi connectivity index (χ2v) is 10.7. The standard InChI is InChI=1S/C30H42N2O2S/c1-2-3-4-5-6-7-8-9-10-11-12-16-20-25(26(33)23-24-18-14-13-15-19-24)29-28(32-30(31)35-29)27-21-17-22-34-27/h13-15,17-19,21-22,25H,2-12,16,20,23H2,1H3,(H2,31,32). The second kappa shape index (κ2) is 15.6. The van der Waals surface area contributed by atoms with Gasteiger partial charge in [-0.3, -0.25) is 4.79 Å². The Morgan fingerprint density at radius 3 is 2.11 bits per heavy atom. The maximum absolute atomic E-state index is 13.5. The number of unbranched alkanes of at least 4 members (excludes halogenated alkanes) is 11. The van der Waals surface area contributed by atoms with E-state index in [2.05, 4.69) is 11.9 Å². The van der Waals surface area contributed by atoms with Gasteiger partial charge < -0.3 is 10.2 Å². The van der Waals surface area contributed by atoms with Crippen LogP contribution in [0.25, 0.3) is 11.5 Å². The molecule has 0 saturated carbocycles. The van der Waals surface area contributed by atoms with Crippen LogP contribution in [0.2, 0.25) is 0 Å². The molecule has 0 aliphatic carbocycles. The van der Waals surface area contributed by atoms with Crippen LogP contribution in [0, 0.1) is 0 Å². The van der Waals surface area contributed by atoms with Crippen LogP contribution < -0.4 is 5.73 Å². The lowest BCUT2D eigenvalue weighted by Crippen LogP contribution is -2.15. The molecule has 0 spiro atoms. The average Bonchev–Trinajstić information content (AvgIpc) is 3.52. The number of thiazole rings is 1. The number of furan rings is 1. The minimum atomic E-state index is -0.201. The Balaban J connectivity index is 1.51. The molecule has 1 atom stereocenters. The predicted octanol–water partition coefficient (Wildman–Crippen LogP) is 8.97. The summed E-state index contributed by atoms with van der Waals surface area (Å²) in [6, 6.07) is 13.7. The van der Waals surface area contributed by atoms with Crippen molar-refractivity contribution in [3.63, 3.8) is 0 Å². The van der Waals surface area contributed by atoms with Crippen molar-refractivity contribution in [2.75, 3.05) is 5.73 Å². The molecule has 35 heavy (non-hydrogen) atoms. The molecule has 0 amide bonds. The number of nitrogens with zero attached hydrogens (tertiary/aromatic N) is 1. The van der Waals surface area contributed by atoms with Crippen molar-refractivity contribution in [2.45, 2.75) is 103 Å². The van der Waals surface area contributed by atoms with E-state index < -0.39 is 0 Å². The van der Waals surface area contributed by atoms with Gasteiger partial charge in [-0.2, -0.15) is 0 Å². The number of ketones is 1. The van der Waals surface area contributed by atoms with E-state index in [0.29, 0.717) is 17.3 Å². The van der Waals surface area contributed by atoms with Gasteiger partial charge in [0.15, 0.2) is 10.9 Å². The number of anilines is 1. The summed E-state index contributed by atoms with van der Waals surface area (Å²) in [6.45, 7) is 2.27. The molecule has 2 aromatic heterocycles. The lowest BCUT2D eigenvalue weighted by Gasteiger charge is -2.16. The highest BCUT2D eigenvalue weighted by atomic mass is 32.1. The van der Waals surface area contributed by atoms with Gasteiger partial charge in [-0.1, -0.05) is 114 Å². The summed E-state index contributed by atoms with van der Waals surface area (Å²) in [5.41, 5.74) is 7.87. The van der Waals surface area contributed by atoms with Crippen LogP contribution in [0.3, 0.4) is 0 Å². The summed E-state index contributed by atoms with van der Waals surface area (Å²) in [6.07, 6.45) is 18.6. The minimum absolute atomic E-state index is 0.201. The molecule has 0 fully saturated rings. The van der Waals surface area contributed by atoms with Gasteiger partial charge in [-0.15, -0.1) is 11.3 Å². The Hall–Kier alpha value is -2.40. The lowest BCUT2D eigenvalue weighted by atomic mass is 9.90. The summed E-state index contributed by atoms with van der Waals surface area (Å²) in [5.74, 6) is 0.712. The molecule has 0 bridgehead atoms. The van der Waals surface area contributed by atoms with Crippen LogP contribution in [-0.4, -0.2) is 10.8 Å². The van der Waals surface area contributed by atoms with Crippen LogP contribution in [0.1, 0.15) is 107 Å². The maximum Gasteiger partial charge on any atom is 0.180 e. The number of aromatic nitrogens is 1. The van der Waals surface area contributed by atoms with Crippen molar-refractivity contribution < 1.29 is 9.21 Å². The molecule has 3 aromatic rings. The zero-order chi connectivity index (χ0) is 24.7. The quantitative estimate of drug-likeness (QED) is 0.179. The summed E-state index contributed by atoms with van der Waals surface area (Å²) in [5, 5.41) is 0.485. The molecule has 5 heteroatoms. The van der Waals surface area contributed by atoms with Crippen LogP contribution >= 0.6 is 11.3 Å². The number of benzene rings is 1. The Kier molecular flexibility index (Phi) is 12.1. The minimum Gasteiger partial charge on any atom is -0.463 e. The number of carbonyl (C=O) groups excluding carboxylic acids is 1. The normalized spacial score (nSPS) is 12.1. The fourth-order valence-corrected chi connectivity index (χ4v) is 5.72. The lowest BCUT2D eigenvalue weighted by molar-refractivity contribution is -0.120. The molecule has 1 aromatic carbocycles. The largest absolute Gasteiger partial charge is 0.463 e. The third-order valence-corrected chi connectivity index (χ3v) is 7.70. The summed E-state index contributed by atoms with van der Waals surface area (Å²) >= 11 is 1.43. The first-order valence-electron chi connectivity index (χ1n) is 13.6. The van der Waals surface area contributed by atoms with Crippen molar-refractivity contribution in [3.05, 3.63) is 59.2 Å². The Morgan fingerprint density at radius 1 is 0.886 bits per heavy atom. The molecule has 2 N–H and O–H groups in total. The number of rotatable bonds is 18. The third-order valence-electron chi connectivity index (χ3n) is 6.70. The van der Waals surface area contributed by atoms with Crippen molar-refractivity contribution >= 4 is 22.3 Å². The Labute approximate surface area is 215 Å². The molecular formula is C30H42N2O2S. The zero-order valence-electron chi connectivity index (χ0n) is 21.3. The Bertz CT molecular complexity index is 966. The van der Waals surface area contributed by atoms with Gasteiger partial charge in [0.25, 0.3) is 0 Å². The molecule has 4 nitrogen and oxygen atoms in total. The maximum atomic E-state index is 13.5. The number of nitrogens with two attached hydrogens (primary N) is 1. The molecule has 2 heterocycles. The van der Waals surface area contributed by atoms with E-state index in [4.69, 9.17) is 10.2 Å². The molecule has 0 aliphatic heterocycles. The summed E-state index contributed by atoms with van der Waals surface area (Å²) in [7, 11) is 0. The van der Waals surface area contributed by atoms with Crippen molar-refractivity contribution in [1.29, 1.82) is 0 Å². The van der Waals surface area contributed by atoms with Crippen LogP contribution in [0.15, 0.2) is 53.1 Å². The average molecular weight is 495 g/mol. The fourth-order valence-electron chi connectivity index (χ4n) is 4.72. The van der Waals surface area contributed by atoms with Crippen molar-refractivity contribution in [1.82, 2.24) is 4.98 Å². The van der Waals surface area contributed by atoms with Gasteiger partial charge in [-0.05, 0) is 24.1 Å². The van der Waals surface area contributed by atoms with E-state index in [1.807, 2.05) is 42.5 Å². The van der Waals surface area contributed by atoms with Gasteiger partial charge in [0.05, 0.1) is 12.2 Å². The monoisotopic (exact) mass is 494 g/mol. The van der Waals surface area contributed by atoms with Gasteiger partial charge >= 0.3 is 0 Å². The van der Waals surface area contributed by atoms with E-state index >= 15 is 0 Å². The number of hydrogen-bond acceptors (Lipinski definition) is 5. The molecule has 0 saturated heterocycles. The van der Waals surface area contributed by atoms with Gasteiger partial charge in [0.1, 0.15) is 11.5 Å². The molecule has 1 unspecified atom stereocenters. The van der Waals surface area contributed by atoms with Crippen molar-refractivity contribution in [3.8, 4) is 11.5 Å². The van der Waals surface area contributed by atoms with Crippen LogP contribution in [0.4, 0.5) is 5.13 Å². The highest BCUT2D eigenvalue weighted by Gasteiger charge is 2.28. The second-order valence-electron chi connectivity index (χ2n) is 9.60. The van der Waals surface area contributed by atoms with E-state index in [1.54, 1.807) is 6.26 Å². The molecule has 190 valence electrons. The zero-order valence-corrected chi connectivity index (χ0v) is 22.2. The number of hydrogen-bond donors (Lipinski definition) is 1. The highest BCUT2D eigenvalue weighted by Crippen LogP contribution is 2.39. The number of carbonyl (C=O) groups is 1. The van der Waals surface area contributed by atoms with E-state index in [9.17, 15) is 4.79 Å². The van der Waals surface area contributed by atoms with Crippen LogP contribution in [0.5, 0.6) is 0 Å². The molecular weight excluding hydrogens is 452 g/mol. The Morgan fingerprint density at radius 2 is 1.51 bits per heavy atom. The highest BCUT2D eigenvalue weighted by molar-refractivity contribution is 7.16. The first kappa shape index (κ1) is 27.2. The van der Waals surface area contributed by atoms with E-state index in [1.165, 1.54) is 75.5 Å². The van der Waals surface area contributed by atoms with Gasteiger partial charge in [-0.25, -0.2) is 4.98 Å². The summed E-state index contributed by atoms with van der Waals surface area (Å²) in [4.78, 5) is 19.0. The summed E-state index contributed by atoms with van der Waals surface area (Å²) < 4.78 is 5.62. The number of nitrogen functional groups attached to an aromatic ring is 1. The molecule has 3 rings (SSSR count). The number of Topliss-reactive ketones (excluding diaryl/α,β-unsaturated/α-hetero) is 1. The smallest absolute Gasteiger partial charge is 0.180 e. The van der Waals surface area contributed by atoms with E-state index in [0.717, 1.165) is 35.4 Å². The van der Waals surface area contributed by atoms with Crippen LogP contribution in [-0.2, 0) is 11.2 Å². The molecule has 0 aliphatic rings.